The first kappa shape index (κ1) is 31.4. The molecule has 40 heavy (non-hydrogen) atoms. The maximum atomic E-state index is 14.7. The van der Waals surface area contributed by atoms with Crippen LogP contribution < -0.4 is 9.62 Å². The van der Waals surface area contributed by atoms with Gasteiger partial charge in [-0.1, -0.05) is 71.7 Å². The van der Waals surface area contributed by atoms with E-state index in [1.807, 2.05) is 51.1 Å². The van der Waals surface area contributed by atoms with E-state index >= 15 is 0 Å². The summed E-state index contributed by atoms with van der Waals surface area (Å²) in [6.45, 7) is 4.65. The number of anilines is 1. The zero-order valence-electron chi connectivity index (χ0n) is 22.7. The predicted molar refractivity (Wildman–Crippen MR) is 157 cm³/mol. The number of hydrogen-bond acceptors (Lipinski definition) is 4. The van der Waals surface area contributed by atoms with Crippen molar-refractivity contribution in [3.63, 3.8) is 0 Å². The molecule has 0 aliphatic heterocycles. The van der Waals surface area contributed by atoms with Gasteiger partial charge in [-0.05, 0) is 56.2 Å². The third kappa shape index (κ3) is 8.68. The number of amides is 2. The number of nitrogens with zero attached hydrogens (tertiary/aromatic N) is 2. The minimum atomic E-state index is -4.08. The molecule has 7 nitrogen and oxygen atoms in total. The number of hydrogen-bond donors (Lipinski definition) is 1. The molecule has 0 spiro atoms. The highest BCUT2D eigenvalue weighted by atomic mass is 35.5. The monoisotopic (exact) mass is 607 g/mol. The predicted octanol–water partition coefficient (Wildman–Crippen LogP) is 5.45. The van der Waals surface area contributed by atoms with Crippen LogP contribution in [0.5, 0.6) is 0 Å². The van der Waals surface area contributed by atoms with Crippen molar-refractivity contribution >= 4 is 50.7 Å². The zero-order chi connectivity index (χ0) is 29.7. The van der Waals surface area contributed by atoms with Crippen molar-refractivity contribution in [3.05, 3.63) is 99.8 Å². The minimum Gasteiger partial charge on any atom is -0.350 e. The van der Waals surface area contributed by atoms with Crippen LogP contribution in [0.15, 0.2) is 72.8 Å². The van der Waals surface area contributed by atoms with E-state index in [0.29, 0.717) is 14.9 Å². The average molecular weight is 609 g/mol. The van der Waals surface area contributed by atoms with Crippen LogP contribution in [-0.2, 0) is 32.6 Å². The smallest absolute Gasteiger partial charge is 0.244 e. The van der Waals surface area contributed by atoms with E-state index in [4.69, 9.17) is 23.2 Å². The summed E-state index contributed by atoms with van der Waals surface area (Å²) in [7, 11) is -4.08. The Labute approximate surface area is 244 Å². The second-order valence-electron chi connectivity index (χ2n) is 10.4. The standard InChI is InChI=1S/C29H32Cl2FN3O4S/c1-29(2,3)33-28(37)26(17-20-10-6-5-7-11-20)34(18-21-14-15-22(30)23(31)16-21)27(36)19-35(40(4,38)39)25-13-9-8-12-24(25)32/h5-16,26H,17-19H2,1-4H3,(H,33,37)/t26-/m0/s1. The van der Waals surface area contributed by atoms with Gasteiger partial charge in [-0.3, -0.25) is 13.9 Å². The third-order valence-corrected chi connectivity index (χ3v) is 7.77. The maximum Gasteiger partial charge on any atom is 0.244 e. The number of sulfonamides is 1. The van der Waals surface area contributed by atoms with E-state index in [-0.39, 0.29) is 23.7 Å². The second-order valence-corrected chi connectivity index (χ2v) is 13.2. The van der Waals surface area contributed by atoms with Gasteiger partial charge in [-0.2, -0.15) is 0 Å². The molecule has 0 aliphatic carbocycles. The first-order valence-electron chi connectivity index (χ1n) is 12.5. The molecule has 0 radical (unpaired) electrons. The number of benzene rings is 3. The summed E-state index contributed by atoms with van der Waals surface area (Å²) >= 11 is 12.3. The van der Waals surface area contributed by atoms with E-state index in [9.17, 15) is 22.4 Å². The molecule has 0 saturated heterocycles. The Morgan fingerprint density at radius 2 is 1.55 bits per heavy atom. The van der Waals surface area contributed by atoms with Gasteiger partial charge in [0.05, 0.1) is 22.0 Å². The van der Waals surface area contributed by atoms with Gasteiger partial charge >= 0.3 is 0 Å². The van der Waals surface area contributed by atoms with E-state index in [0.717, 1.165) is 17.9 Å². The Bertz CT molecular complexity index is 1460. The fraction of sp³-hybridized carbons (Fsp3) is 0.310. The van der Waals surface area contributed by atoms with Crippen molar-refractivity contribution in [2.75, 3.05) is 17.1 Å². The van der Waals surface area contributed by atoms with Gasteiger partial charge in [-0.25, -0.2) is 12.8 Å². The van der Waals surface area contributed by atoms with Crippen LogP contribution in [0.3, 0.4) is 0 Å². The molecule has 0 aromatic heterocycles. The van der Waals surface area contributed by atoms with Gasteiger partial charge in [0.2, 0.25) is 21.8 Å². The van der Waals surface area contributed by atoms with Crippen LogP contribution in [-0.4, -0.2) is 49.5 Å². The van der Waals surface area contributed by atoms with E-state index in [1.54, 1.807) is 18.2 Å². The van der Waals surface area contributed by atoms with Gasteiger partial charge in [0.15, 0.2) is 0 Å². The molecule has 2 amide bonds. The molecular formula is C29H32Cl2FN3O4S. The van der Waals surface area contributed by atoms with Crippen LogP contribution in [0, 0.1) is 5.82 Å². The molecule has 0 aliphatic rings. The summed E-state index contributed by atoms with van der Waals surface area (Å²) in [5.74, 6) is -1.94. The Hall–Kier alpha value is -3.14. The SMILES string of the molecule is CC(C)(C)NC(=O)[C@H](Cc1ccccc1)N(Cc1ccc(Cl)c(Cl)c1)C(=O)CN(c1ccccc1F)S(C)(=O)=O. The molecule has 0 saturated carbocycles. The summed E-state index contributed by atoms with van der Waals surface area (Å²) in [4.78, 5) is 29.0. The fourth-order valence-corrected chi connectivity index (χ4v) is 5.26. The number of halogens is 3. The normalized spacial score (nSPS) is 12.5. The molecule has 11 heteroatoms. The highest BCUT2D eigenvalue weighted by molar-refractivity contribution is 7.92. The lowest BCUT2D eigenvalue weighted by molar-refractivity contribution is -0.140. The van der Waals surface area contributed by atoms with Crippen LogP contribution in [0.25, 0.3) is 0 Å². The summed E-state index contributed by atoms with van der Waals surface area (Å²) in [5, 5.41) is 3.51. The minimum absolute atomic E-state index is 0.0837. The van der Waals surface area contributed by atoms with Crippen LogP contribution >= 0.6 is 23.2 Å². The van der Waals surface area contributed by atoms with Crippen molar-refractivity contribution in [1.29, 1.82) is 0 Å². The number of carbonyl (C=O) groups is 2. The largest absolute Gasteiger partial charge is 0.350 e. The maximum absolute atomic E-state index is 14.7. The van der Waals surface area contributed by atoms with Crippen molar-refractivity contribution < 1.29 is 22.4 Å². The molecule has 0 fully saturated rings. The Balaban J connectivity index is 2.10. The lowest BCUT2D eigenvalue weighted by atomic mass is 10.0. The Kier molecular flexibility index (Phi) is 10.2. The van der Waals surface area contributed by atoms with Crippen molar-refractivity contribution in [3.8, 4) is 0 Å². The third-order valence-electron chi connectivity index (χ3n) is 5.91. The van der Waals surface area contributed by atoms with Crippen LogP contribution in [0.4, 0.5) is 10.1 Å². The quantitative estimate of drug-likeness (QED) is 0.332. The van der Waals surface area contributed by atoms with Gasteiger partial charge in [-0.15, -0.1) is 0 Å². The summed E-state index contributed by atoms with van der Waals surface area (Å²) in [6.07, 6.45) is 1.04. The Morgan fingerprint density at radius 1 is 0.925 bits per heavy atom. The van der Waals surface area contributed by atoms with Crippen molar-refractivity contribution in [2.45, 2.75) is 45.3 Å². The van der Waals surface area contributed by atoms with Crippen molar-refractivity contribution in [1.82, 2.24) is 10.2 Å². The number of nitrogens with one attached hydrogen (secondary N) is 1. The lowest BCUT2D eigenvalue weighted by Crippen LogP contribution is -2.56. The number of carbonyl (C=O) groups excluding carboxylic acids is 2. The Morgan fingerprint density at radius 3 is 2.12 bits per heavy atom. The summed E-state index contributed by atoms with van der Waals surface area (Å²) in [6, 6.07) is 18.2. The second kappa shape index (κ2) is 13.0. The van der Waals surface area contributed by atoms with Crippen molar-refractivity contribution in [2.24, 2.45) is 0 Å². The van der Waals surface area contributed by atoms with E-state index in [2.05, 4.69) is 5.32 Å². The number of rotatable bonds is 10. The summed E-state index contributed by atoms with van der Waals surface area (Å²) in [5.41, 5.74) is 0.473. The van der Waals surface area contributed by atoms with Gasteiger partial charge in [0, 0.05) is 18.5 Å². The molecular weight excluding hydrogens is 576 g/mol. The molecule has 1 N–H and O–H groups in total. The molecule has 0 heterocycles. The molecule has 3 aromatic rings. The number of para-hydroxylation sites is 1. The van der Waals surface area contributed by atoms with Gasteiger partial charge < -0.3 is 10.2 Å². The topological polar surface area (TPSA) is 86.8 Å². The van der Waals surface area contributed by atoms with E-state index < -0.39 is 45.8 Å². The molecule has 1 atom stereocenters. The first-order chi connectivity index (χ1) is 18.7. The molecule has 3 aromatic carbocycles. The van der Waals surface area contributed by atoms with Gasteiger partial charge in [0.25, 0.3) is 0 Å². The van der Waals surface area contributed by atoms with Crippen LogP contribution in [0.1, 0.15) is 31.9 Å². The lowest BCUT2D eigenvalue weighted by Gasteiger charge is -2.35. The molecule has 0 bridgehead atoms. The molecule has 214 valence electrons. The highest BCUT2D eigenvalue weighted by Gasteiger charge is 2.34. The molecule has 0 unspecified atom stereocenters. The van der Waals surface area contributed by atoms with Gasteiger partial charge in [0.1, 0.15) is 18.4 Å². The fourth-order valence-electron chi connectivity index (χ4n) is 4.09. The van der Waals surface area contributed by atoms with Crippen LogP contribution in [0.2, 0.25) is 10.0 Å². The molecule has 3 rings (SSSR count). The summed E-state index contributed by atoms with van der Waals surface area (Å²) < 4.78 is 40.9. The zero-order valence-corrected chi connectivity index (χ0v) is 25.0. The van der Waals surface area contributed by atoms with E-state index in [1.165, 1.54) is 23.1 Å². The first-order valence-corrected chi connectivity index (χ1v) is 15.1. The highest BCUT2D eigenvalue weighted by Crippen LogP contribution is 2.26. The average Bonchev–Trinajstić information content (AvgIpc) is 2.86.